The van der Waals surface area contributed by atoms with Crippen LogP contribution in [0.3, 0.4) is 0 Å². The van der Waals surface area contributed by atoms with E-state index in [2.05, 4.69) is 11.9 Å². The minimum atomic E-state index is -1.85. The second kappa shape index (κ2) is 11.7. The highest BCUT2D eigenvalue weighted by molar-refractivity contribution is 5.80. The molecule has 188 valence electrons. The Bertz CT molecular complexity index is 724. The van der Waals surface area contributed by atoms with Gasteiger partial charge in [-0.1, -0.05) is 6.08 Å². The zero-order valence-electron chi connectivity index (χ0n) is 17.7. The van der Waals surface area contributed by atoms with Crippen LogP contribution in [0, 0.1) is 0 Å². The van der Waals surface area contributed by atoms with E-state index >= 15 is 0 Å². The van der Waals surface area contributed by atoms with E-state index in [1.807, 2.05) is 0 Å². The molecule has 3 amide bonds. The molecule has 0 bridgehead atoms. The van der Waals surface area contributed by atoms with Gasteiger partial charge >= 0.3 is 6.09 Å². The fraction of sp³-hybridized carbons (Fsp3) is 0.722. The second-order valence-corrected chi connectivity index (χ2v) is 7.38. The van der Waals surface area contributed by atoms with Crippen LogP contribution in [0.5, 0.6) is 0 Å². The lowest BCUT2D eigenvalue weighted by Gasteiger charge is -2.47. The maximum atomic E-state index is 11.7. The van der Waals surface area contributed by atoms with Gasteiger partial charge in [-0.25, -0.2) is 4.79 Å². The number of primary amides is 2. The molecule has 15 nitrogen and oxygen atoms in total. The molecule has 2 fully saturated rings. The van der Waals surface area contributed by atoms with Crippen LogP contribution in [0.4, 0.5) is 4.79 Å². The smallest absolute Gasteiger partial charge is 0.404 e. The fourth-order valence-corrected chi connectivity index (χ4v) is 3.51. The lowest BCUT2D eigenvalue weighted by Crippen LogP contribution is -2.68. The van der Waals surface area contributed by atoms with Crippen LogP contribution in [0.25, 0.3) is 0 Å². The van der Waals surface area contributed by atoms with Gasteiger partial charge < -0.3 is 60.9 Å². The number of amides is 3. The van der Waals surface area contributed by atoms with Gasteiger partial charge in [-0.2, -0.15) is 0 Å². The molecular weight excluding hydrogens is 450 g/mol. The third kappa shape index (κ3) is 6.36. The number of hydrogen-bond donors (Lipinski definition) is 7. The summed E-state index contributed by atoms with van der Waals surface area (Å²) in [6, 6.07) is -1.37. The van der Waals surface area contributed by atoms with E-state index in [1.165, 1.54) is 6.08 Å². The van der Waals surface area contributed by atoms with Crippen LogP contribution < -0.4 is 16.8 Å². The predicted octanol–water partition coefficient (Wildman–Crippen LogP) is -4.45. The van der Waals surface area contributed by atoms with Crippen molar-refractivity contribution in [3.63, 3.8) is 0 Å². The van der Waals surface area contributed by atoms with Crippen molar-refractivity contribution in [2.45, 2.75) is 68.3 Å². The standard InChI is InChI=1S/C18H29N3O12/c1-3-4-29-17-14(12(33-18(20)28)11(26)13(31-17)15(19)27)32-16-8(21-6(2)23)10(25)9(24)7(5-22)30-16/h3,7-14,16-17,22,24-26H,1,4-5H2,2H3,(H2,19,27)(H2,20,28)(H,21,23)/t7-,8-,9-,10-,11-,12+,13+,14-,16+,17+/m1/s1. The summed E-state index contributed by atoms with van der Waals surface area (Å²) in [5.74, 6) is -1.72. The van der Waals surface area contributed by atoms with Crippen LogP contribution in [0.15, 0.2) is 12.7 Å². The largest absolute Gasteiger partial charge is 0.440 e. The molecule has 0 radical (unpaired) electrons. The first-order valence-electron chi connectivity index (χ1n) is 9.88. The molecule has 0 unspecified atom stereocenters. The summed E-state index contributed by atoms with van der Waals surface area (Å²) in [6.45, 7) is 3.74. The average Bonchev–Trinajstić information content (AvgIpc) is 2.74. The number of ether oxygens (including phenoxy) is 5. The normalized spacial score (nSPS) is 38.8. The molecule has 15 heteroatoms. The summed E-state index contributed by atoms with van der Waals surface area (Å²) >= 11 is 0. The van der Waals surface area contributed by atoms with Gasteiger partial charge in [0.25, 0.3) is 0 Å². The number of aliphatic hydroxyl groups is 4. The Kier molecular flexibility index (Phi) is 9.50. The monoisotopic (exact) mass is 479 g/mol. The molecular formula is C18H29N3O12. The molecule has 9 N–H and O–H groups in total. The van der Waals surface area contributed by atoms with Gasteiger partial charge in [-0.05, 0) is 0 Å². The second-order valence-electron chi connectivity index (χ2n) is 7.38. The molecule has 10 atom stereocenters. The van der Waals surface area contributed by atoms with Crippen molar-refractivity contribution in [1.82, 2.24) is 5.32 Å². The molecule has 2 saturated heterocycles. The number of nitrogens with two attached hydrogens (primary N) is 2. The van der Waals surface area contributed by atoms with E-state index in [9.17, 15) is 34.8 Å². The molecule has 0 aromatic carbocycles. The summed E-state index contributed by atoms with van der Waals surface area (Å²) in [5.41, 5.74) is 10.3. The van der Waals surface area contributed by atoms with Crippen molar-refractivity contribution in [2.24, 2.45) is 11.5 Å². The summed E-state index contributed by atoms with van der Waals surface area (Å²) < 4.78 is 27.0. The van der Waals surface area contributed by atoms with E-state index < -0.39 is 85.9 Å². The number of hydrogen-bond acceptors (Lipinski definition) is 12. The zero-order valence-corrected chi connectivity index (χ0v) is 17.7. The Morgan fingerprint density at radius 3 is 2.24 bits per heavy atom. The van der Waals surface area contributed by atoms with Gasteiger partial charge in [0.05, 0.1) is 13.2 Å². The minimum Gasteiger partial charge on any atom is -0.440 e. The van der Waals surface area contributed by atoms with Gasteiger partial charge in [-0.3, -0.25) is 9.59 Å². The predicted molar refractivity (Wildman–Crippen MR) is 105 cm³/mol. The van der Waals surface area contributed by atoms with Crippen molar-refractivity contribution in [3.8, 4) is 0 Å². The first kappa shape index (κ1) is 26.9. The Balaban J connectivity index is 2.42. The first-order valence-corrected chi connectivity index (χ1v) is 9.88. The summed E-state index contributed by atoms with van der Waals surface area (Å²) in [7, 11) is 0. The van der Waals surface area contributed by atoms with Crippen LogP contribution in [-0.2, 0) is 33.3 Å². The van der Waals surface area contributed by atoms with E-state index in [4.69, 9.17) is 35.2 Å². The lowest BCUT2D eigenvalue weighted by molar-refractivity contribution is -0.347. The van der Waals surface area contributed by atoms with Crippen molar-refractivity contribution < 1.29 is 58.5 Å². The molecule has 2 aliphatic heterocycles. The number of aliphatic hydroxyl groups excluding tert-OH is 4. The number of carbonyl (C=O) groups excluding carboxylic acids is 3. The van der Waals surface area contributed by atoms with E-state index in [-0.39, 0.29) is 6.61 Å². The quantitative estimate of drug-likeness (QED) is 0.155. The van der Waals surface area contributed by atoms with Gasteiger partial charge in [0.15, 0.2) is 30.9 Å². The van der Waals surface area contributed by atoms with Crippen LogP contribution in [0.1, 0.15) is 6.92 Å². The molecule has 0 aromatic heterocycles. The molecule has 2 rings (SSSR count). The highest BCUT2D eigenvalue weighted by Crippen LogP contribution is 2.31. The fourth-order valence-electron chi connectivity index (χ4n) is 3.51. The van der Waals surface area contributed by atoms with Gasteiger partial charge in [0.2, 0.25) is 11.8 Å². The van der Waals surface area contributed by atoms with E-state index in [1.54, 1.807) is 0 Å². The first-order chi connectivity index (χ1) is 15.5. The molecule has 0 aromatic rings. The van der Waals surface area contributed by atoms with Crippen LogP contribution in [0.2, 0.25) is 0 Å². The number of rotatable bonds is 9. The van der Waals surface area contributed by atoms with Crippen molar-refractivity contribution in [2.75, 3.05) is 13.2 Å². The SMILES string of the molecule is C=CCO[C@H]1O[C@H](C(N)=O)[C@H](O)[C@H](OC(N)=O)[C@H]1O[C@@H]1O[C@H](CO)[C@@H](O)[C@H](O)[C@H]1NC(C)=O. The van der Waals surface area contributed by atoms with Crippen LogP contribution in [-0.4, -0.2) is 113 Å². The van der Waals surface area contributed by atoms with Crippen LogP contribution >= 0.6 is 0 Å². The minimum absolute atomic E-state index is 0.142. The summed E-state index contributed by atoms with van der Waals surface area (Å²) in [6.07, 6.45) is -14.4. The number of carbonyl (C=O) groups is 3. The lowest BCUT2D eigenvalue weighted by atomic mass is 9.95. The Hall–Kier alpha value is -2.37. The molecule has 2 heterocycles. The average molecular weight is 479 g/mol. The van der Waals surface area contributed by atoms with Gasteiger partial charge in [0.1, 0.15) is 30.5 Å². The molecule has 0 aliphatic carbocycles. The summed E-state index contributed by atoms with van der Waals surface area (Å²) in [4.78, 5) is 34.8. The van der Waals surface area contributed by atoms with Crippen molar-refractivity contribution >= 4 is 17.9 Å². The zero-order chi connectivity index (χ0) is 24.9. The molecule has 0 saturated carbocycles. The van der Waals surface area contributed by atoms with E-state index in [0.29, 0.717) is 0 Å². The number of nitrogens with one attached hydrogen (secondary N) is 1. The molecule has 33 heavy (non-hydrogen) atoms. The Morgan fingerprint density at radius 2 is 1.73 bits per heavy atom. The van der Waals surface area contributed by atoms with Crippen molar-refractivity contribution in [1.29, 1.82) is 0 Å². The van der Waals surface area contributed by atoms with E-state index in [0.717, 1.165) is 6.92 Å². The third-order valence-corrected chi connectivity index (χ3v) is 4.97. The maximum absolute atomic E-state index is 11.7. The Labute approximate surface area is 188 Å². The maximum Gasteiger partial charge on any atom is 0.404 e. The molecule has 2 aliphatic rings. The third-order valence-electron chi connectivity index (χ3n) is 4.97. The summed E-state index contributed by atoms with van der Waals surface area (Å²) in [5, 5.41) is 42.9. The Morgan fingerprint density at radius 1 is 1.06 bits per heavy atom. The van der Waals surface area contributed by atoms with Gasteiger partial charge in [0, 0.05) is 6.92 Å². The highest BCUT2D eigenvalue weighted by Gasteiger charge is 2.54. The van der Waals surface area contributed by atoms with Gasteiger partial charge in [-0.15, -0.1) is 6.58 Å². The molecule has 0 spiro atoms. The van der Waals surface area contributed by atoms with Crippen molar-refractivity contribution in [3.05, 3.63) is 12.7 Å². The topological polar surface area (TPSA) is 242 Å². The highest BCUT2D eigenvalue weighted by atomic mass is 16.8.